The van der Waals surface area contributed by atoms with Crippen molar-refractivity contribution in [3.63, 3.8) is 0 Å². The second-order valence-corrected chi connectivity index (χ2v) is 4.07. The average Bonchev–Trinajstić information content (AvgIpc) is 2.27. The van der Waals surface area contributed by atoms with Crippen molar-refractivity contribution in [2.45, 2.75) is 12.5 Å². The first-order valence-electron chi connectivity index (χ1n) is 5.00. The maximum absolute atomic E-state index is 11.5. The molecule has 0 aliphatic heterocycles. The van der Waals surface area contributed by atoms with E-state index < -0.39 is 6.04 Å². The van der Waals surface area contributed by atoms with E-state index in [1.807, 2.05) is 30.3 Å². The van der Waals surface area contributed by atoms with E-state index in [1.165, 1.54) is 0 Å². The van der Waals surface area contributed by atoms with E-state index >= 15 is 0 Å². The lowest BCUT2D eigenvalue weighted by Gasteiger charge is -2.11. The van der Waals surface area contributed by atoms with E-state index in [-0.39, 0.29) is 12.5 Å². The standard InChI is InChI=1S/C12H15ClN2O/c1-9(13)8-15-12(16)11(14)7-10-5-3-2-4-6-10/h2-6,11H,1,7-8,14H2,(H,15,16)/t11-/m0/s1. The molecule has 1 amide bonds. The minimum absolute atomic E-state index is 0.217. The van der Waals surface area contributed by atoms with Crippen LogP contribution in [-0.4, -0.2) is 18.5 Å². The lowest BCUT2D eigenvalue weighted by Crippen LogP contribution is -2.42. The molecular weight excluding hydrogens is 224 g/mol. The van der Waals surface area contributed by atoms with E-state index in [0.29, 0.717) is 11.5 Å². The lowest BCUT2D eigenvalue weighted by molar-refractivity contribution is -0.122. The van der Waals surface area contributed by atoms with Crippen molar-refractivity contribution < 1.29 is 4.79 Å². The molecule has 0 bridgehead atoms. The second kappa shape index (κ2) is 6.30. The number of nitrogens with two attached hydrogens (primary N) is 1. The summed E-state index contributed by atoms with van der Waals surface area (Å²) in [6.07, 6.45) is 0.515. The molecule has 0 aliphatic rings. The number of amides is 1. The highest BCUT2D eigenvalue weighted by Crippen LogP contribution is 2.02. The Balaban J connectivity index is 2.43. The van der Waals surface area contributed by atoms with Gasteiger partial charge in [0.1, 0.15) is 0 Å². The lowest BCUT2D eigenvalue weighted by atomic mass is 10.1. The van der Waals surface area contributed by atoms with E-state index in [9.17, 15) is 4.79 Å². The third kappa shape index (κ3) is 4.47. The number of benzene rings is 1. The normalized spacial score (nSPS) is 11.9. The van der Waals surface area contributed by atoms with Gasteiger partial charge < -0.3 is 11.1 Å². The predicted octanol–water partition coefficient (Wildman–Crippen LogP) is 1.43. The van der Waals surface area contributed by atoms with Gasteiger partial charge in [-0.05, 0) is 12.0 Å². The molecule has 3 N–H and O–H groups in total. The van der Waals surface area contributed by atoms with Gasteiger partial charge >= 0.3 is 0 Å². The van der Waals surface area contributed by atoms with Crippen LogP contribution in [0.3, 0.4) is 0 Å². The molecule has 1 atom stereocenters. The maximum Gasteiger partial charge on any atom is 0.237 e. The molecule has 0 fully saturated rings. The average molecular weight is 239 g/mol. The van der Waals surface area contributed by atoms with Gasteiger partial charge in [0.25, 0.3) is 0 Å². The number of hydrogen-bond donors (Lipinski definition) is 2. The molecule has 0 radical (unpaired) electrons. The van der Waals surface area contributed by atoms with Crippen LogP contribution in [-0.2, 0) is 11.2 Å². The van der Waals surface area contributed by atoms with E-state index in [2.05, 4.69) is 11.9 Å². The summed E-state index contributed by atoms with van der Waals surface area (Å²) in [6, 6.07) is 9.08. The summed E-state index contributed by atoms with van der Waals surface area (Å²) in [5.41, 5.74) is 6.79. The number of hydrogen-bond acceptors (Lipinski definition) is 2. The SMILES string of the molecule is C=C(Cl)CNC(=O)[C@@H](N)Cc1ccccc1. The zero-order valence-electron chi connectivity index (χ0n) is 8.95. The van der Waals surface area contributed by atoms with Crippen LogP contribution in [0.2, 0.25) is 0 Å². The molecule has 1 rings (SSSR count). The maximum atomic E-state index is 11.5. The predicted molar refractivity (Wildman–Crippen MR) is 66.1 cm³/mol. The molecule has 86 valence electrons. The van der Waals surface area contributed by atoms with Gasteiger partial charge in [-0.3, -0.25) is 4.79 Å². The first kappa shape index (κ1) is 12.7. The van der Waals surface area contributed by atoms with Gasteiger partial charge in [0.15, 0.2) is 0 Å². The molecular formula is C12H15ClN2O. The quantitative estimate of drug-likeness (QED) is 0.815. The smallest absolute Gasteiger partial charge is 0.237 e. The monoisotopic (exact) mass is 238 g/mol. The van der Waals surface area contributed by atoms with E-state index in [1.54, 1.807) is 0 Å². The van der Waals surface area contributed by atoms with Crippen molar-refractivity contribution >= 4 is 17.5 Å². The third-order valence-corrected chi connectivity index (χ3v) is 2.22. The van der Waals surface area contributed by atoms with Crippen molar-refractivity contribution in [1.82, 2.24) is 5.32 Å². The largest absolute Gasteiger partial charge is 0.350 e. The summed E-state index contributed by atoms with van der Waals surface area (Å²) < 4.78 is 0. The molecule has 0 saturated carbocycles. The highest BCUT2D eigenvalue weighted by atomic mass is 35.5. The van der Waals surface area contributed by atoms with Crippen LogP contribution in [0.25, 0.3) is 0 Å². The van der Waals surface area contributed by atoms with Crippen LogP contribution < -0.4 is 11.1 Å². The highest BCUT2D eigenvalue weighted by Gasteiger charge is 2.13. The molecule has 3 nitrogen and oxygen atoms in total. The van der Waals surface area contributed by atoms with Gasteiger partial charge in [-0.25, -0.2) is 0 Å². The first-order chi connectivity index (χ1) is 7.59. The van der Waals surface area contributed by atoms with Gasteiger partial charge in [0, 0.05) is 5.03 Å². The topological polar surface area (TPSA) is 55.1 Å². The molecule has 0 unspecified atom stereocenters. The Morgan fingerprint density at radius 1 is 1.44 bits per heavy atom. The number of halogens is 1. The Labute approximate surface area is 100 Å². The molecule has 0 heterocycles. The van der Waals surface area contributed by atoms with Gasteiger partial charge in [-0.2, -0.15) is 0 Å². The zero-order valence-corrected chi connectivity index (χ0v) is 9.70. The Morgan fingerprint density at radius 2 is 2.06 bits per heavy atom. The van der Waals surface area contributed by atoms with Gasteiger partial charge in [-0.1, -0.05) is 48.5 Å². The summed E-state index contributed by atoms with van der Waals surface area (Å²) in [5, 5.41) is 3.00. The van der Waals surface area contributed by atoms with Crippen LogP contribution in [0, 0.1) is 0 Å². The number of rotatable bonds is 5. The van der Waals surface area contributed by atoms with E-state index in [4.69, 9.17) is 17.3 Å². The minimum Gasteiger partial charge on any atom is -0.350 e. The first-order valence-corrected chi connectivity index (χ1v) is 5.38. The Hall–Kier alpha value is -1.32. The molecule has 4 heteroatoms. The van der Waals surface area contributed by atoms with Crippen molar-refractivity contribution in [2.24, 2.45) is 5.73 Å². The number of carbonyl (C=O) groups is 1. The summed E-state index contributed by atoms with van der Waals surface area (Å²) in [5.74, 6) is -0.217. The molecule has 1 aromatic rings. The van der Waals surface area contributed by atoms with Crippen LogP contribution in [0.15, 0.2) is 41.9 Å². The van der Waals surface area contributed by atoms with Crippen LogP contribution >= 0.6 is 11.6 Å². The van der Waals surface area contributed by atoms with Crippen molar-refractivity contribution in [3.8, 4) is 0 Å². The van der Waals surface area contributed by atoms with Gasteiger partial charge in [0.05, 0.1) is 12.6 Å². The number of nitrogens with one attached hydrogen (secondary N) is 1. The molecule has 16 heavy (non-hydrogen) atoms. The van der Waals surface area contributed by atoms with Gasteiger partial charge in [0.2, 0.25) is 5.91 Å². The van der Waals surface area contributed by atoms with Crippen LogP contribution in [0.1, 0.15) is 5.56 Å². The fourth-order valence-corrected chi connectivity index (χ4v) is 1.34. The Kier molecular flexibility index (Phi) is 5.02. The van der Waals surface area contributed by atoms with Gasteiger partial charge in [-0.15, -0.1) is 0 Å². The molecule has 0 aromatic heterocycles. The van der Waals surface area contributed by atoms with Crippen LogP contribution in [0.5, 0.6) is 0 Å². The van der Waals surface area contributed by atoms with Crippen LogP contribution in [0.4, 0.5) is 0 Å². The third-order valence-electron chi connectivity index (χ3n) is 2.09. The molecule has 1 aromatic carbocycles. The number of carbonyl (C=O) groups excluding carboxylic acids is 1. The fraction of sp³-hybridized carbons (Fsp3) is 0.250. The van der Waals surface area contributed by atoms with Crippen molar-refractivity contribution in [2.75, 3.05) is 6.54 Å². The summed E-state index contributed by atoms with van der Waals surface area (Å²) in [6.45, 7) is 3.73. The second-order valence-electron chi connectivity index (χ2n) is 3.53. The van der Waals surface area contributed by atoms with E-state index in [0.717, 1.165) is 5.56 Å². The molecule has 0 saturated heterocycles. The summed E-state index contributed by atoms with van der Waals surface area (Å²) >= 11 is 5.54. The van der Waals surface area contributed by atoms with Crippen molar-refractivity contribution in [1.29, 1.82) is 0 Å². The summed E-state index contributed by atoms with van der Waals surface area (Å²) in [4.78, 5) is 11.5. The fourth-order valence-electron chi connectivity index (χ4n) is 1.27. The molecule has 0 spiro atoms. The zero-order chi connectivity index (χ0) is 12.0. The summed E-state index contributed by atoms with van der Waals surface area (Å²) in [7, 11) is 0. The molecule has 0 aliphatic carbocycles. The minimum atomic E-state index is -0.557. The van der Waals surface area contributed by atoms with Crippen molar-refractivity contribution in [3.05, 3.63) is 47.5 Å². The Bertz CT molecular complexity index is 365. The Morgan fingerprint density at radius 3 is 2.62 bits per heavy atom. The highest BCUT2D eigenvalue weighted by molar-refractivity contribution is 6.29.